The molecule has 158 valence electrons. The van der Waals surface area contributed by atoms with Crippen LogP contribution in [-0.2, 0) is 21.5 Å². The smallest absolute Gasteiger partial charge is 0.325 e. The van der Waals surface area contributed by atoms with Crippen molar-refractivity contribution < 1.29 is 19.1 Å². The summed E-state index contributed by atoms with van der Waals surface area (Å²) < 4.78 is 7.30. The van der Waals surface area contributed by atoms with Gasteiger partial charge >= 0.3 is 6.03 Å². The van der Waals surface area contributed by atoms with Gasteiger partial charge in [0, 0.05) is 24.1 Å². The van der Waals surface area contributed by atoms with E-state index in [-0.39, 0.29) is 24.3 Å². The number of nitrogens with one attached hydrogen (secondary N) is 1. The Labute approximate surface area is 176 Å². The van der Waals surface area contributed by atoms with Crippen molar-refractivity contribution in [3.8, 4) is 0 Å². The van der Waals surface area contributed by atoms with Crippen molar-refractivity contribution in [3.63, 3.8) is 0 Å². The molecule has 3 amide bonds. The van der Waals surface area contributed by atoms with Crippen LogP contribution in [-0.4, -0.2) is 47.4 Å². The van der Waals surface area contributed by atoms with E-state index in [0.717, 1.165) is 33.8 Å². The number of ether oxygens (including phenoxy) is 1. The summed E-state index contributed by atoms with van der Waals surface area (Å²) in [5, 5.41) is 2.87. The first-order valence-corrected chi connectivity index (χ1v) is 10.2. The molecular formula is C23H27N3O4. The van der Waals surface area contributed by atoms with Crippen molar-refractivity contribution in [1.82, 2.24) is 14.8 Å². The van der Waals surface area contributed by atoms with Gasteiger partial charge in [-0.25, -0.2) is 4.79 Å². The molecule has 2 heterocycles. The number of aromatic nitrogens is 1. The molecule has 2 aliphatic rings. The number of aryl methyl sites for hydroxylation is 2. The number of urea groups is 1. The number of hydrogen-bond donors (Lipinski definition) is 1. The Bertz CT molecular complexity index is 1040. The second-order valence-corrected chi connectivity index (χ2v) is 8.27. The van der Waals surface area contributed by atoms with E-state index in [1.807, 2.05) is 51.1 Å². The molecule has 1 fully saturated rings. The Kier molecular flexibility index (Phi) is 5.02. The van der Waals surface area contributed by atoms with Gasteiger partial charge in [0.1, 0.15) is 5.54 Å². The summed E-state index contributed by atoms with van der Waals surface area (Å²) >= 11 is 0. The maximum Gasteiger partial charge on any atom is 0.325 e. The number of benzene rings is 1. The van der Waals surface area contributed by atoms with Crippen LogP contribution in [0.5, 0.6) is 0 Å². The fourth-order valence-electron chi connectivity index (χ4n) is 5.02. The molecule has 30 heavy (non-hydrogen) atoms. The van der Waals surface area contributed by atoms with E-state index in [9.17, 15) is 14.4 Å². The van der Waals surface area contributed by atoms with Gasteiger partial charge in [-0.1, -0.05) is 24.3 Å². The first kappa shape index (κ1) is 20.3. The van der Waals surface area contributed by atoms with Gasteiger partial charge in [-0.05, 0) is 50.8 Å². The summed E-state index contributed by atoms with van der Waals surface area (Å²) in [6.07, 6.45) is 1.24. The molecule has 7 heteroatoms. The highest BCUT2D eigenvalue weighted by Gasteiger charge is 2.55. The van der Waals surface area contributed by atoms with Crippen molar-refractivity contribution >= 4 is 17.7 Å². The highest BCUT2D eigenvalue weighted by molar-refractivity contribution is 6.12. The Morgan fingerprint density at radius 1 is 1.27 bits per heavy atom. The summed E-state index contributed by atoms with van der Waals surface area (Å²) in [6, 6.07) is 9.06. The third kappa shape index (κ3) is 2.96. The Hall–Kier alpha value is -2.93. The van der Waals surface area contributed by atoms with Gasteiger partial charge < -0.3 is 14.6 Å². The van der Waals surface area contributed by atoms with E-state index in [2.05, 4.69) is 9.88 Å². The van der Waals surface area contributed by atoms with Crippen LogP contribution in [0.15, 0.2) is 30.3 Å². The molecule has 4 rings (SSSR count). The van der Waals surface area contributed by atoms with Crippen LogP contribution in [0.2, 0.25) is 0 Å². The maximum absolute atomic E-state index is 13.3. The molecule has 0 radical (unpaired) electrons. The lowest BCUT2D eigenvalue weighted by molar-refractivity contribution is -0.131. The molecule has 1 aromatic carbocycles. The standard InChI is InChI=1S/C23H27N3O4/c1-14-11-18(16(3)26(14)15(2)13-30-4)20(27)12-25-21(28)23(24-22(25)29)10-9-17-7-5-6-8-19(17)23/h5-8,11,15H,9-10,12-13H2,1-4H3,(H,24,29)/t15-,23+/m0/s1. The highest BCUT2D eigenvalue weighted by atomic mass is 16.5. The molecule has 1 aliphatic carbocycles. The normalized spacial score (nSPS) is 21.3. The number of methoxy groups -OCH3 is 1. The SMILES string of the molecule is COC[C@H](C)n1c(C)cc(C(=O)CN2C(=O)N[C@@]3(CCc4ccccc43)C2=O)c1C. The molecule has 1 aromatic heterocycles. The average Bonchev–Trinajstić information content (AvgIpc) is 3.31. The number of carbonyl (C=O) groups excluding carboxylic acids is 3. The van der Waals surface area contributed by atoms with Crippen molar-refractivity contribution in [1.29, 1.82) is 0 Å². The fraction of sp³-hybridized carbons (Fsp3) is 0.435. The minimum absolute atomic E-state index is 0.0755. The van der Waals surface area contributed by atoms with Crippen molar-refractivity contribution in [3.05, 3.63) is 58.4 Å². The van der Waals surface area contributed by atoms with Crippen LogP contribution < -0.4 is 5.32 Å². The summed E-state index contributed by atoms with van der Waals surface area (Å²) in [7, 11) is 1.64. The summed E-state index contributed by atoms with van der Waals surface area (Å²) in [5.41, 5.74) is 3.15. The van der Waals surface area contributed by atoms with E-state index in [1.165, 1.54) is 0 Å². The lowest BCUT2D eigenvalue weighted by Crippen LogP contribution is -2.42. The zero-order chi connectivity index (χ0) is 21.6. The molecule has 1 aliphatic heterocycles. The average molecular weight is 409 g/mol. The predicted octanol–water partition coefficient (Wildman–Crippen LogP) is 2.89. The third-order valence-corrected chi connectivity index (χ3v) is 6.36. The monoisotopic (exact) mass is 409 g/mol. The van der Waals surface area contributed by atoms with Crippen LogP contribution in [0.3, 0.4) is 0 Å². The third-order valence-electron chi connectivity index (χ3n) is 6.36. The number of amides is 3. The molecule has 7 nitrogen and oxygen atoms in total. The van der Waals surface area contributed by atoms with Gasteiger partial charge in [0.15, 0.2) is 5.78 Å². The van der Waals surface area contributed by atoms with E-state index < -0.39 is 11.6 Å². The van der Waals surface area contributed by atoms with Gasteiger partial charge in [0.05, 0.1) is 19.2 Å². The van der Waals surface area contributed by atoms with Crippen molar-refractivity contribution in [2.45, 2.75) is 45.2 Å². The van der Waals surface area contributed by atoms with E-state index in [1.54, 1.807) is 7.11 Å². The quantitative estimate of drug-likeness (QED) is 0.588. The Morgan fingerprint density at radius 3 is 2.73 bits per heavy atom. The first-order chi connectivity index (χ1) is 14.3. The summed E-state index contributed by atoms with van der Waals surface area (Å²) in [6.45, 7) is 6.11. The molecule has 1 N–H and O–H groups in total. The number of ketones is 1. The van der Waals surface area contributed by atoms with Crippen molar-refractivity contribution in [2.24, 2.45) is 0 Å². The molecule has 0 unspecified atom stereocenters. The van der Waals surface area contributed by atoms with Gasteiger partial charge in [-0.2, -0.15) is 0 Å². The van der Waals surface area contributed by atoms with Crippen LogP contribution in [0, 0.1) is 13.8 Å². The maximum atomic E-state index is 13.3. The zero-order valence-corrected chi connectivity index (χ0v) is 17.8. The van der Waals surface area contributed by atoms with Crippen LogP contribution in [0.1, 0.15) is 52.3 Å². The van der Waals surface area contributed by atoms with E-state index in [4.69, 9.17) is 4.74 Å². The van der Waals surface area contributed by atoms with Gasteiger partial charge in [-0.3, -0.25) is 14.5 Å². The summed E-state index contributed by atoms with van der Waals surface area (Å²) in [5.74, 6) is -0.585. The molecule has 2 aromatic rings. The molecule has 2 atom stereocenters. The largest absolute Gasteiger partial charge is 0.383 e. The molecule has 1 saturated heterocycles. The topological polar surface area (TPSA) is 80.6 Å². The minimum atomic E-state index is -1.04. The number of carbonyl (C=O) groups is 3. The zero-order valence-electron chi connectivity index (χ0n) is 17.8. The second kappa shape index (κ2) is 7.40. The van der Waals surface area contributed by atoms with Gasteiger partial charge in [-0.15, -0.1) is 0 Å². The van der Waals surface area contributed by atoms with Crippen LogP contribution in [0.25, 0.3) is 0 Å². The minimum Gasteiger partial charge on any atom is -0.383 e. The van der Waals surface area contributed by atoms with Gasteiger partial charge in [0.2, 0.25) is 0 Å². The van der Waals surface area contributed by atoms with E-state index in [0.29, 0.717) is 18.6 Å². The number of nitrogens with zero attached hydrogens (tertiary/aromatic N) is 2. The van der Waals surface area contributed by atoms with E-state index >= 15 is 0 Å². The number of imide groups is 1. The molecule has 0 saturated carbocycles. The Morgan fingerprint density at radius 2 is 2.00 bits per heavy atom. The highest BCUT2D eigenvalue weighted by Crippen LogP contribution is 2.41. The van der Waals surface area contributed by atoms with Crippen molar-refractivity contribution in [2.75, 3.05) is 20.3 Å². The summed E-state index contributed by atoms with van der Waals surface area (Å²) in [4.78, 5) is 40.1. The second-order valence-electron chi connectivity index (χ2n) is 8.27. The number of hydrogen-bond acceptors (Lipinski definition) is 4. The number of rotatable bonds is 6. The Balaban J connectivity index is 1.59. The lowest BCUT2D eigenvalue weighted by atomic mass is 9.92. The number of fused-ring (bicyclic) bond motifs is 2. The van der Waals surface area contributed by atoms with Crippen LogP contribution >= 0.6 is 0 Å². The number of Topliss-reactive ketones (excluding diaryl/α,β-unsaturated/α-hetero) is 1. The predicted molar refractivity (Wildman–Crippen MR) is 112 cm³/mol. The first-order valence-electron chi connectivity index (χ1n) is 10.2. The fourth-order valence-corrected chi connectivity index (χ4v) is 5.02. The van der Waals surface area contributed by atoms with Gasteiger partial charge in [0.25, 0.3) is 5.91 Å². The molecular weight excluding hydrogens is 382 g/mol. The van der Waals surface area contributed by atoms with Crippen LogP contribution in [0.4, 0.5) is 4.79 Å². The molecule has 1 spiro atoms. The molecule has 0 bridgehead atoms. The lowest BCUT2D eigenvalue weighted by Gasteiger charge is -2.22.